The Kier molecular flexibility index (Phi) is 5.32. The lowest BCUT2D eigenvalue weighted by Crippen LogP contribution is -2.38. The van der Waals surface area contributed by atoms with Crippen LogP contribution in [0.4, 0.5) is 20.2 Å². The Morgan fingerprint density at radius 2 is 1.90 bits per heavy atom. The smallest absolute Gasteiger partial charge is 0.244 e. The second-order valence-electron chi connectivity index (χ2n) is 6.87. The molecular formula is C21H16F2N2O5S. The number of furan rings is 1. The van der Waals surface area contributed by atoms with Crippen LogP contribution in [0.15, 0.2) is 70.2 Å². The molecule has 1 atom stereocenters. The maximum atomic E-state index is 13.9. The summed E-state index contributed by atoms with van der Waals surface area (Å²) in [5.74, 6) is -3.06. The van der Waals surface area contributed by atoms with Gasteiger partial charge in [0.1, 0.15) is 29.2 Å². The van der Waals surface area contributed by atoms with Gasteiger partial charge in [-0.15, -0.1) is 0 Å². The molecule has 0 spiro atoms. The first-order valence-electron chi connectivity index (χ1n) is 9.19. The molecule has 0 fully saturated rings. The fourth-order valence-electron chi connectivity index (χ4n) is 3.41. The van der Waals surface area contributed by atoms with Gasteiger partial charge in [-0.1, -0.05) is 12.1 Å². The molecular weight excluding hydrogens is 430 g/mol. The van der Waals surface area contributed by atoms with Crippen LogP contribution >= 0.6 is 0 Å². The van der Waals surface area contributed by atoms with Crippen molar-refractivity contribution in [3.8, 4) is 0 Å². The lowest BCUT2D eigenvalue weighted by atomic mass is 10.2. The molecule has 0 radical (unpaired) electrons. The fraction of sp³-hybridized carbons (Fsp3) is 0.143. The highest BCUT2D eigenvalue weighted by atomic mass is 32.2. The van der Waals surface area contributed by atoms with Crippen molar-refractivity contribution in [3.63, 3.8) is 0 Å². The number of fused-ring (bicyclic) bond motifs is 1. The summed E-state index contributed by atoms with van der Waals surface area (Å²) in [6.07, 6.45) is 0.872. The van der Waals surface area contributed by atoms with Gasteiger partial charge in [-0.05, 0) is 36.4 Å². The topological polar surface area (TPSA) is 96.7 Å². The Balaban J connectivity index is 1.68. The van der Waals surface area contributed by atoms with Gasteiger partial charge in [0.05, 0.1) is 29.0 Å². The highest BCUT2D eigenvalue weighted by Gasteiger charge is 2.41. The number of para-hydroxylation sites is 1. The number of anilines is 2. The number of hydrogen-bond donors (Lipinski definition) is 1. The molecule has 31 heavy (non-hydrogen) atoms. The zero-order chi connectivity index (χ0) is 22.2. The lowest BCUT2D eigenvalue weighted by Gasteiger charge is -2.21. The van der Waals surface area contributed by atoms with E-state index in [0.717, 1.165) is 17.0 Å². The number of rotatable bonds is 4. The van der Waals surface area contributed by atoms with Gasteiger partial charge in [0, 0.05) is 6.07 Å². The number of amides is 2. The van der Waals surface area contributed by atoms with Crippen LogP contribution in [0.5, 0.6) is 0 Å². The molecule has 1 N–H and O–H groups in total. The standard InChI is InChI=1S/C21H16F2N2O5S/c22-13-7-8-15(14(23)10-13)24-20(26)12-25-16-4-1-2-6-18(16)31(28,29)19(11-21(25)27)17-5-3-9-30-17/h1-10,19H,11-12H2,(H,24,26). The number of benzene rings is 2. The van der Waals surface area contributed by atoms with Crippen molar-refractivity contribution in [3.05, 3.63) is 78.3 Å². The number of sulfone groups is 1. The number of hydrogen-bond acceptors (Lipinski definition) is 5. The summed E-state index contributed by atoms with van der Waals surface area (Å²) in [6, 6.07) is 11.5. The third kappa shape index (κ3) is 3.93. The van der Waals surface area contributed by atoms with Crippen molar-refractivity contribution in [2.75, 3.05) is 16.8 Å². The van der Waals surface area contributed by atoms with Gasteiger partial charge in [0.15, 0.2) is 9.84 Å². The van der Waals surface area contributed by atoms with Crippen LogP contribution in [-0.4, -0.2) is 26.8 Å². The predicted octanol–water partition coefficient (Wildman–Crippen LogP) is 3.45. The Morgan fingerprint density at radius 1 is 1.13 bits per heavy atom. The summed E-state index contributed by atoms with van der Waals surface area (Å²) in [6.45, 7) is -0.562. The minimum Gasteiger partial charge on any atom is -0.468 e. The number of nitrogens with one attached hydrogen (secondary N) is 1. The van der Waals surface area contributed by atoms with Gasteiger partial charge in [0.25, 0.3) is 0 Å². The zero-order valence-electron chi connectivity index (χ0n) is 15.9. The Morgan fingerprint density at radius 3 is 2.61 bits per heavy atom. The second kappa shape index (κ2) is 7.95. The SMILES string of the molecule is O=C(CN1C(=O)CC(c2ccco2)S(=O)(=O)c2ccccc21)Nc1ccc(F)cc1F. The second-order valence-corrected chi connectivity index (χ2v) is 8.97. The minimum atomic E-state index is -4.00. The number of halogens is 2. The van der Waals surface area contributed by atoms with E-state index < -0.39 is 51.5 Å². The van der Waals surface area contributed by atoms with E-state index in [4.69, 9.17) is 4.42 Å². The van der Waals surface area contributed by atoms with Crippen LogP contribution in [0.1, 0.15) is 17.4 Å². The van der Waals surface area contributed by atoms with E-state index >= 15 is 0 Å². The van der Waals surface area contributed by atoms with Gasteiger partial charge in [-0.3, -0.25) is 9.59 Å². The third-order valence-corrected chi connectivity index (χ3v) is 6.97. The van der Waals surface area contributed by atoms with E-state index in [-0.39, 0.29) is 22.0 Å². The summed E-state index contributed by atoms with van der Waals surface area (Å²) < 4.78 is 58.7. The maximum Gasteiger partial charge on any atom is 0.244 e. The molecule has 4 rings (SSSR count). The molecule has 2 amide bonds. The number of carbonyl (C=O) groups is 2. The summed E-state index contributed by atoms with van der Waals surface area (Å²) >= 11 is 0. The monoisotopic (exact) mass is 446 g/mol. The third-order valence-electron chi connectivity index (χ3n) is 4.87. The first-order valence-corrected chi connectivity index (χ1v) is 10.7. The first-order chi connectivity index (χ1) is 14.8. The van der Waals surface area contributed by atoms with E-state index in [2.05, 4.69) is 5.32 Å². The van der Waals surface area contributed by atoms with Gasteiger partial charge >= 0.3 is 0 Å². The van der Waals surface area contributed by atoms with Gasteiger partial charge in [0.2, 0.25) is 11.8 Å². The molecule has 1 unspecified atom stereocenters. The molecule has 3 aromatic rings. The van der Waals surface area contributed by atoms with E-state index in [0.29, 0.717) is 6.07 Å². The van der Waals surface area contributed by atoms with Crippen molar-refractivity contribution < 1.29 is 31.2 Å². The van der Waals surface area contributed by atoms with Crippen LogP contribution in [-0.2, 0) is 19.4 Å². The van der Waals surface area contributed by atoms with E-state index in [9.17, 15) is 26.8 Å². The van der Waals surface area contributed by atoms with Crippen LogP contribution in [0, 0.1) is 11.6 Å². The molecule has 0 saturated carbocycles. The summed E-state index contributed by atoms with van der Waals surface area (Å²) in [4.78, 5) is 26.4. The average molecular weight is 446 g/mol. The van der Waals surface area contributed by atoms with Crippen LogP contribution in [0.25, 0.3) is 0 Å². The van der Waals surface area contributed by atoms with E-state index in [1.807, 2.05) is 0 Å². The molecule has 1 aliphatic heterocycles. The maximum absolute atomic E-state index is 13.9. The number of nitrogens with zero attached hydrogens (tertiary/aromatic N) is 1. The van der Waals surface area contributed by atoms with Crippen LogP contribution in [0.3, 0.4) is 0 Å². The molecule has 0 bridgehead atoms. The fourth-order valence-corrected chi connectivity index (χ4v) is 5.26. The summed E-state index contributed by atoms with van der Waals surface area (Å²) in [5, 5.41) is 1.02. The Bertz CT molecular complexity index is 1260. The summed E-state index contributed by atoms with van der Waals surface area (Å²) in [7, 11) is -4.00. The Hall–Kier alpha value is -3.53. The van der Waals surface area contributed by atoms with Crippen LogP contribution < -0.4 is 10.2 Å². The van der Waals surface area contributed by atoms with Crippen molar-refractivity contribution >= 4 is 33.0 Å². The summed E-state index contributed by atoms with van der Waals surface area (Å²) in [5.41, 5.74) is -0.223. The van der Waals surface area contributed by atoms with Crippen LogP contribution in [0.2, 0.25) is 0 Å². The highest BCUT2D eigenvalue weighted by Crippen LogP contribution is 2.40. The van der Waals surface area contributed by atoms with E-state index in [1.54, 1.807) is 6.07 Å². The molecule has 160 valence electrons. The van der Waals surface area contributed by atoms with E-state index in [1.165, 1.54) is 36.6 Å². The largest absolute Gasteiger partial charge is 0.468 e. The van der Waals surface area contributed by atoms with Gasteiger partial charge in [-0.2, -0.15) is 0 Å². The van der Waals surface area contributed by atoms with Crippen molar-refractivity contribution in [2.45, 2.75) is 16.6 Å². The lowest BCUT2D eigenvalue weighted by molar-refractivity contribution is -0.121. The molecule has 10 heteroatoms. The van der Waals surface area contributed by atoms with Crippen molar-refractivity contribution in [1.29, 1.82) is 0 Å². The average Bonchev–Trinajstić information content (AvgIpc) is 3.24. The minimum absolute atomic E-state index is 0.0382. The van der Waals surface area contributed by atoms with Gasteiger partial charge in [-0.25, -0.2) is 17.2 Å². The van der Waals surface area contributed by atoms with Crippen molar-refractivity contribution in [2.24, 2.45) is 0 Å². The predicted molar refractivity (Wildman–Crippen MR) is 107 cm³/mol. The zero-order valence-corrected chi connectivity index (χ0v) is 16.7. The highest BCUT2D eigenvalue weighted by molar-refractivity contribution is 7.91. The first kappa shape index (κ1) is 20.7. The molecule has 7 nitrogen and oxygen atoms in total. The molecule has 1 aliphatic rings. The normalized spacial score (nSPS) is 17.7. The molecule has 1 aromatic heterocycles. The molecule has 0 aliphatic carbocycles. The number of carbonyl (C=O) groups excluding carboxylic acids is 2. The Labute approximate surface area is 176 Å². The molecule has 2 aromatic carbocycles. The quantitative estimate of drug-likeness (QED) is 0.662. The van der Waals surface area contributed by atoms with Gasteiger partial charge < -0.3 is 14.6 Å². The molecule has 0 saturated heterocycles. The molecule has 2 heterocycles. The van der Waals surface area contributed by atoms with Crippen molar-refractivity contribution in [1.82, 2.24) is 0 Å².